The SMILES string of the molecule is C[C@@H](CCc1ccccc1)NC(=O)[C@@H]1CCCN(Cc2c(Cl)cccc2Cl)C1. The van der Waals surface area contributed by atoms with Gasteiger partial charge in [-0.05, 0) is 56.8 Å². The Morgan fingerprint density at radius 3 is 2.57 bits per heavy atom. The molecule has 0 aliphatic carbocycles. The van der Waals surface area contributed by atoms with E-state index < -0.39 is 0 Å². The highest BCUT2D eigenvalue weighted by molar-refractivity contribution is 6.35. The zero-order chi connectivity index (χ0) is 19.9. The standard InChI is InChI=1S/C23H28Cl2N2O/c1-17(12-13-18-7-3-2-4-8-18)26-23(28)19-9-6-14-27(15-19)16-20-21(24)10-5-11-22(20)25/h2-5,7-8,10-11,17,19H,6,9,12-16H2,1H3,(H,26,28)/t17-,19+/m0/s1. The summed E-state index contributed by atoms with van der Waals surface area (Å²) in [6.07, 6.45) is 3.87. The maximum Gasteiger partial charge on any atom is 0.224 e. The molecule has 0 spiro atoms. The summed E-state index contributed by atoms with van der Waals surface area (Å²) in [7, 11) is 0. The number of amides is 1. The third kappa shape index (κ3) is 5.97. The molecule has 150 valence electrons. The third-order valence-electron chi connectivity index (χ3n) is 5.42. The van der Waals surface area contributed by atoms with Crippen LogP contribution in [0, 0.1) is 5.92 Å². The van der Waals surface area contributed by atoms with Crippen LogP contribution in [0.4, 0.5) is 0 Å². The lowest BCUT2D eigenvalue weighted by Gasteiger charge is -2.33. The van der Waals surface area contributed by atoms with E-state index in [0.717, 1.165) is 44.3 Å². The molecule has 1 aliphatic heterocycles. The highest BCUT2D eigenvalue weighted by Crippen LogP contribution is 2.27. The Morgan fingerprint density at radius 2 is 1.86 bits per heavy atom. The Balaban J connectivity index is 1.50. The number of carbonyl (C=O) groups is 1. The van der Waals surface area contributed by atoms with Gasteiger partial charge in [-0.3, -0.25) is 9.69 Å². The van der Waals surface area contributed by atoms with Crippen molar-refractivity contribution in [3.63, 3.8) is 0 Å². The molecule has 1 heterocycles. The number of nitrogens with zero attached hydrogens (tertiary/aromatic N) is 1. The number of hydrogen-bond donors (Lipinski definition) is 1. The highest BCUT2D eigenvalue weighted by atomic mass is 35.5. The summed E-state index contributed by atoms with van der Waals surface area (Å²) < 4.78 is 0. The van der Waals surface area contributed by atoms with Gasteiger partial charge in [0.05, 0.1) is 5.92 Å². The largest absolute Gasteiger partial charge is 0.353 e. The number of piperidine rings is 1. The van der Waals surface area contributed by atoms with E-state index in [0.29, 0.717) is 16.6 Å². The number of likely N-dealkylation sites (tertiary alicyclic amines) is 1. The Morgan fingerprint density at radius 1 is 1.14 bits per heavy atom. The average Bonchev–Trinajstić information content (AvgIpc) is 2.70. The maximum absolute atomic E-state index is 12.8. The van der Waals surface area contributed by atoms with Crippen LogP contribution in [0.2, 0.25) is 10.0 Å². The van der Waals surface area contributed by atoms with Crippen LogP contribution < -0.4 is 5.32 Å². The molecule has 1 amide bonds. The Kier molecular flexibility index (Phi) is 7.78. The summed E-state index contributed by atoms with van der Waals surface area (Å²) in [4.78, 5) is 15.0. The lowest BCUT2D eigenvalue weighted by molar-refractivity contribution is -0.127. The lowest BCUT2D eigenvalue weighted by atomic mass is 9.96. The summed E-state index contributed by atoms with van der Waals surface area (Å²) in [5.41, 5.74) is 2.26. The first-order chi connectivity index (χ1) is 13.5. The number of aryl methyl sites for hydroxylation is 1. The fourth-order valence-electron chi connectivity index (χ4n) is 3.78. The normalized spacial score (nSPS) is 18.6. The summed E-state index contributed by atoms with van der Waals surface area (Å²) in [5, 5.41) is 4.59. The average molecular weight is 419 g/mol. The zero-order valence-corrected chi connectivity index (χ0v) is 17.8. The van der Waals surface area contributed by atoms with Crippen LogP contribution in [0.25, 0.3) is 0 Å². The second-order valence-electron chi connectivity index (χ2n) is 7.71. The highest BCUT2D eigenvalue weighted by Gasteiger charge is 2.27. The fraction of sp³-hybridized carbons (Fsp3) is 0.435. The minimum Gasteiger partial charge on any atom is -0.353 e. The number of nitrogens with one attached hydrogen (secondary N) is 1. The van der Waals surface area contributed by atoms with Crippen molar-refractivity contribution in [1.29, 1.82) is 0 Å². The van der Waals surface area contributed by atoms with Gasteiger partial charge in [-0.25, -0.2) is 0 Å². The molecular formula is C23H28Cl2N2O. The number of rotatable bonds is 7. The Hall–Kier alpha value is -1.55. The molecule has 0 radical (unpaired) electrons. The monoisotopic (exact) mass is 418 g/mol. The molecule has 3 nitrogen and oxygen atoms in total. The molecule has 0 unspecified atom stereocenters. The zero-order valence-electron chi connectivity index (χ0n) is 16.3. The van der Waals surface area contributed by atoms with Gasteiger partial charge in [-0.15, -0.1) is 0 Å². The van der Waals surface area contributed by atoms with Gasteiger partial charge in [0.2, 0.25) is 5.91 Å². The van der Waals surface area contributed by atoms with E-state index in [1.54, 1.807) is 0 Å². The maximum atomic E-state index is 12.8. The predicted molar refractivity (Wildman–Crippen MR) is 117 cm³/mol. The summed E-state index contributed by atoms with van der Waals surface area (Å²) >= 11 is 12.6. The number of halogens is 2. The van der Waals surface area contributed by atoms with E-state index in [1.807, 2.05) is 24.3 Å². The first kappa shape index (κ1) is 21.2. The molecule has 1 saturated heterocycles. The van der Waals surface area contributed by atoms with Crippen molar-refractivity contribution < 1.29 is 4.79 Å². The molecule has 2 atom stereocenters. The van der Waals surface area contributed by atoms with Gasteiger partial charge in [0, 0.05) is 34.7 Å². The Labute approximate surface area is 178 Å². The van der Waals surface area contributed by atoms with Gasteiger partial charge in [-0.2, -0.15) is 0 Å². The van der Waals surface area contributed by atoms with E-state index in [2.05, 4.69) is 41.4 Å². The van der Waals surface area contributed by atoms with Crippen LogP contribution in [-0.4, -0.2) is 29.9 Å². The summed E-state index contributed by atoms with van der Waals surface area (Å²) in [6, 6.07) is 16.2. The molecule has 3 rings (SSSR count). The molecular weight excluding hydrogens is 391 g/mol. The van der Waals surface area contributed by atoms with E-state index in [1.165, 1.54) is 5.56 Å². The van der Waals surface area contributed by atoms with Crippen molar-refractivity contribution in [2.45, 2.75) is 45.2 Å². The predicted octanol–water partition coefficient (Wildman–Crippen LogP) is 5.34. The molecule has 2 aromatic rings. The van der Waals surface area contributed by atoms with Crippen molar-refractivity contribution in [3.05, 3.63) is 69.7 Å². The topological polar surface area (TPSA) is 32.3 Å². The quantitative estimate of drug-likeness (QED) is 0.657. The van der Waals surface area contributed by atoms with Crippen molar-refractivity contribution in [2.75, 3.05) is 13.1 Å². The van der Waals surface area contributed by atoms with Gasteiger partial charge < -0.3 is 5.32 Å². The number of benzene rings is 2. The third-order valence-corrected chi connectivity index (χ3v) is 6.13. The van der Waals surface area contributed by atoms with Crippen LogP contribution in [0.3, 0.4) is 0 Å². The van der Waals surface area contributed by atoms with E-state index >= 15 is 0 Å². The van der Waals surface area contributed by atoms with Crippen LogP contribution >= 0.6 is 23.2 Å². The molecule has 0 aromatic heterocycles. The van der Waals surface area contributed by atoms with E-state index in [9.17, 15) is 4.79 Å². The van der Waals surface area contributed by atoms with Gasteiger partial charge >= 0.3 is 0 Å². The van der Waals surface area contributed by atoms with Gasteiger partial charge in [0.25, 0.3) is 0 Å². The molecule has 1 fully saturated rings. The van der Waals surface area contributed by atoms with Crippen LogP contribution in [0.5, 0.6) is 0 Å². The number of hydrogen-bond acceptors (Lipinski definition) is 2. The van der Waals surface area contributed by atoms with E-state index in [-0.39, 0.29) is 17.9 Å². The van der Waals surface area contributed by atoms with Crippen LogP contribution in [0.15, 0.2) is 48.5 Å². The van der Waals surface area contributed by atoms with Crippen LogP contribution in [0.1, 0.15) is 37.3 Å². The first-order valence-electron chi connectivity index (χ1n) is 10.0. The Bertz CT molecular complexity index is 761. The van der Waals surface area contributed by atoms with Gasteiger partial charge in [0.15, 0.2) is 0 Å². The fourth-order valence-corrected chi connectivity index (χ4v) is 4.30. The lowest BCUT2D eigenvalue weighted by Crippen LogP contribution is -2.45. The first-order valence-corrected chi connectivity index (χ1v) is 10.8. The summed E-state index contributed by atoms with van der Waals surface area (Å²) in [5.74, 6) is 0.185. The minimum absolute atomic E-state index is 0.0224. The molecule has 1 aliphatic rings. The molecule has 0 bridgehead atoms. The van der Waals surface area contributed by atoms with Crippen LogP contribution in [-0.2, 0) is 17.8 Å². The van der Waals surface area contributed by atoms with Crippen molar-refractivity contribution in [1.82, 2.24) is 10.2 Å². The van der Waals surface area contributed by atoms with Gasteiger partial charge in [0.1, 0.15) is 0 Å². The molecule has 0 saturated carbocycles. The molecule has 2 aromatic carbocycles. The second kappa shape index (κ2) is 10.3. The number of carbonyl (C=O) groups excluding carboxylic acids is 1. The molecule has 5 heteroatoms. The van der Waals surface area contributed by atoms with Crippen molar-refractivity contribution in [2.24, 2.45) is 5.92 Å². The minimum atomic E-state index is 0.0224. The molecule has 28 heavy (non-hydrogen) atoms. The van der Waals surface area contributed by atoms with Crippen molar-refractivity contribution >= 4 is 29.1 Å². The van der Waals surface area contributed by atoms with Crippen molar-refractivity contribution in [3.8, 4) is 0 Å². The van der Waals surface area contributed by atoms with Gasteiger partial charge in [-0.1, -0.05) is 59.6 Å². The van der Waals surface area contributed by atoms with E-state index in [4.69, 9.17) is 23.2 Å². The second-order valence-corrected chi connectivity index (χ2v) is 8.52. The summed E-state index contributed by atoms with van der Waals surface area (Å²) in [6.45, 7) is 4.49. The smallest absolute Gasteiger partial charge is 0.224 e. The molecule has 1 N–H and O–H groups in total.